The third kappa shape index (κ3) is 6.23. The van der Waals surface area contributed by atoms with E-state index in [1.54, 1.807) is 12.1 Å². The standard InChI is InChI=1S/C24H39N3O4S/c1-18-13-19(2)16-26(15-18)17-20(3)25-24(28)21-9-10-22(31-4)23(14-21)32(29,30)27-11-7-5-6-8-12-27/h9-10,14,18-20H,5-8,11-13,15-17H2,1-4H3,(H,25,28). The van der Waals surface area contributed by atoms with E-state index in [1.807, 2.05) is 6.92 Å². The summed E-state index contributed by atoms with van der Waals surface area (Å²) >= 11 is 0. The largest absolute Gasteiger partial charge is 0.495 e. The predicted molar refractivity (Wildman–Crippen MR) is 127 cm³/mol. The van der Waals surface area contributed by atoms with Crippen LogP contribution in [0.15, 0.2) is 23.1 Å². The number of carbonyl (C=O) groups is 1. The van der Waals surface area contributed by atoms with Crippen LogP contribution in [0, 0.1) is 11.8 Å². The Labute approximate surface area is 193 Å². The quantitative estimate of drug-likeness (QED) is 0.668. The average molecular weight is 466 g/mol. The Hall–Kier alpha value is -1.64. The molecule has 2 heterocycles. The van der Waals surface area contributed by atoms with E-state index in [0.29, 0.717) is 30.5 Å². The summed E-state index contributed by atoms with van der Waals surface area (Å²) in [5.41, 5.74) is 0.339. The van der Waals surface area contributed by atoms with Gasteiger partial charge in [-0.15, -0.1) is 0 Å². The fraction of sp³-hybridized carbons (Fsp3) is 0.708. The van der Waals surface area contributed by atoms with Gasteiger partial charge in [0, 0.05) is 44.3 Å². The molecule has 1 aromatic rings. The molecule has 0 spiro atoms. The van der Waals surface area contributed by atoms with E-state index in [2.05, 4.69) is 24.1 Å². The number of amides is 1. The maximum Gasteiger partial charge on any atom is 0.251 e. The molecule has 3 rings (SSSR count). The molecule has 0 bridgehead atoms. The number of likely N-dealkylation sites (tertiary alicyclic amines) is 1. The van der Waals surface area contributed by atoms with Crippen LogP contribution in [0.25, 0.3) is 0 Å². The van der Waals surface area contributed by atoms with Crippen molar-refractivity contribution in [2.75, 3.05) is 39.8 Å². The highest BCUT2D eigenvalue weighted by atomic mass is 32.2. The first-order valence-corrected chi connectivity index (χ1v) is 13.4. The molecule has 3 atom stereocenters. The van der Waals surface area contributed by atoms with Gasteiger partial charge in [0.2, 0.25) is 10.0 Å². The third-order valence-corrected chi connectivity index (χ3v) is 8.38. The Morgan fingerprint density at radius 1 is 1.12 bits per heavy atom. The van der Waals surface area contributed by atoms with E-state index in [9.17, 15) is 13.2 Å². The fourth-order valence-corrected chi connectivity index (χ4v) is 6.82. The molecule has 2 aliphatic heterocycles. The number of carbonyl (C=O) groups excluding carboxylic acids is 1. The molecule has 0 aliphatic carbocycles. The van der Waals surface area contributed by atoms with Crippen molar-refractivity contribution in [3.05, 3.63) is 23.8 Å². The van der Waals surface area contributed by atoms with Crippen LogP contribution < -0.4 is 10.1 Å². The van der Waals surface area contributed by atoms with Crippen molar-refractivity contribution >= 4 is 15.9 Å². The predicted octanol–water partition coefficient (Wildman–Crippen LogP) is 3.36. The molecule has 0 radical (unpaired) electrons. The maximum absolute atomic E-state index is 13.3. The highest BCUT2D eigenvalue weighted by Crippen LogP contribution is 2.29. The SMILES string of the molecule is COc1ccc(C(=O)NC(C)CN2CC(C)CC(C)C2)cc1S(=O)(=O)N1CCCCCC1. The molecule has 32 heavy (non-hydrogen) atoms. The Balaban J connectivity index is 1.73. The summed E-state index contributed by atoms with van der Waals surface area (Å²) in [5.74, 6) is 1.34. The van der Waals surface area contributed by atoms with E-state index in [1.165, 1.54) is 23.9 Å². The van der Waals surface area contributed by atoms with Gasteiger partial charge < -0.3 is 15.0 Å². The van der Waals surface area contributed by atoms with E-state index in [-0.39, 0.29) is 22.6 Å². The van der Waals surface area contributed by atoms with E-state index in [4.69, 9.17) is 4.74 Å². The van der Waals surface area contributed by atoms with Gasteiger partial charge in [-0.25, -0.2) is 8.42 Å². The summed E-state index contributed by atoms with van der Waals surface area (Å²) in [6, 6.07) is 4.64. The van der Waals surface area contributed by atoms with Crippen molar-refractivity contribution < 1.29 is 17.9 Å². The molecule has 2 fully saturated rings. The lowest BCUT2D eigenvalue weighted by atomic mass is 9.92. The lowest BCUT2D eigenvalue weighted by molar-refractivity contribution is 0.0904. The van der Waals surface area contributed by atoms with Crippen LogP contribution in [0.1, 0.15) is 63.2 Å². The molecule has 0 aromatic heterocycles. The first kappa shape index (κ1) is 25.0. The lowest BCUT2D eigenvalue weighted by Gasteiger charge is -2.36. The molecule has 2 saturated heterocycles. The highest BCUT2D eigenvalue weighted by Gasteiger charge is 2.29. The lowest BCUT2D eigenvalue weighted by Crippen LogP contribution is -2.47. The summed E-state index contributed by atoms with van der Waals surface area (Å²) < 4.78 is 33.6. The first-order chi connectivity index (χ1) is 15.2. The van der Waals surface area contributed by atoms with Gasteiger partial charge in [-0.2, -0.15) is 4.31 Å². The van der Waals surface area contributed by atoms with Crippen molar-refractivity contribution in [2.24, 2.45) is 11.8 Å². The van der Waals surface area contributed by atoms with Crippen molar-refractivity contribution in [1.82, 2.24) is 14.5 Å². The number of hydrogen-bond acceptors (Lipinski definition) is 5. The highest BCUT2D eigenvalue weighted by molar-refractivity contribution is 7.89. The summed E-state index contributed by atoms with van der Waals surface area (Å²) in [7, 11) is -2.27. The van der Waals surface area contributed by atoms with Crippen LogP contribution in [0.4, 0.5) is 0 Å². The van der Waals surface area contributed by atoms with E-state index >= 15 is 0 Å². The molecule has 8 heteroatoms. The van der Waals surface area contributed by atoms with Gasteiger partial charge in [-0.3, -0.25) is 4.79 Å². The summed E-state index contributed by atoms with van der Waals surface area (Å²) in [6.07, 6.45) is 5.04. The van der Waals surface area contributed by atoms with Crippen LogP contribution in [0.3, 0.4) is 0 Å². The van der Waals surface area contributed by atoms with E-state index in [0.717, 1.165) is 45.3 Å². The second-order valence-corrected chi connectivity index (χ2v) is 11.6. The zero-order chi connectivity index (χ0) is 23.3. The van der Waals surface area contributed by atoms with Gasteiger partial charge in [-0.05, 0) is 56.2 Å². The van der Waals surface area contributed by atoms with Gasteiger partial charge in [0.15, 0.2) is 0 Å². The maximum atomic E-state index is 13.3. The van der Waals surface area contributed by atoms with Gasteiger partial charge in [0.05, 0.1) is 7.11 Å². The summed E-state index contributed by atoms with van der Waals surface area (Å²) in [6.45, 7) is 10.4. The van der Waals surface area contributed by atoms with Crippen molar-refractivity contribution in [2.45, 2.75) is 63.8 Å². The number of benzene rings is 1. The number of methoxy groups -OCH3 is 1. The molecule has 2 aliphatic rings. The molecular weight excluding hydrogens is 426 g/mol. The Bertz CT molecular complexity index is 871. The molecule has 3 unspecified atom stereocenters. The minimum atomic E-state index is -3.73. The van der Waals surface area contributed by atoms with Gasteiger partial charge in [0.1, 0.15) is 10.6 Å². The molecule has 0 saturated carbocycles. The minimum absolute atomic E-state index is 0.0345. The van der Waals surface area contributed by atoms with Crippen LogP contribution in [0.2, 0.25) is 0 Å². The monoisotopic (exact) mass is 465 g/mol. The first-order valence-electron chi connectivity index (χ1n) is 11.9. The second kappa shape index (κ2) is 11.0. The summed E-state index contributed by atoms with van der Waals surface area (Å²) in [5, 5.41) is 3.05. The molecule has 1 N–H and O–H groups in total. The summed E-state index contributed by atoms with van der Waals surface area (Å²) in [4.78, 5) is 15.4. The van der Waals surface area contributed by atoms with Crippen molar-refractivity contribution in [3.63, 3.8) is 0 Å². The third-order valence-electron chi connectivity index (χ3n) is 6.46. The fourth-order valence-electron chi connectivity index (χ4n) is 5.12. The van der Waals surface area contributed by atoms with Crippen LogP contribution in [0.5, 0.6) is 5.75 Å². The zero-order valence-electron chi connectivity index (χ0n) is 20.0. The average Bonchev–Trinajstić information content (AvgIpc) is 3.02. The van der Waals surface area contributed by atoms with Gasteiger partial charge in [0.25, 0.3) is 5.91 Å². The van der Waals surface area contributed by atoms with Crippen molar-refractivity contribution in [1.29, 1.82) is 0 Å². The number of sulfonamides is 1. The van der Waals surface area contributed by atoms with Gasteiger partial charge >= 0.3 is 0 Å². The van der Waals surface area contributed by atoms with E-state index < -0.39 is 10.0 Å². The Morgan fingerprint density at radius 2 is 1.75 bits per heavy atom. The topological polar surface area (TPSA) is 79.0 Å². The number of ether oxygens (including phenoxy) is 1. The van der Waals surface area contributed by atoms with Gasteiger partial charge in [-0.1, -0.05) is 26.7 Å². The molecule has 1 amide bonds. The van der Waals surface area contributed by atoms with Crippen molar-refractivity contribution in [3.8, 4) is 5.75 Å². The zero-order valence-corrected chi connectivity index (χ0v) is 20.8. The Kier molecular flexibility index (Phi) is 8.58. The second-order valence-electron chi connectivity index (χ2n) is 9.72. The number of rotatable bonds is 7. The molecule has 1 aromatic carbocycles. The number of hydrogen-bond donors (Lipinski definition) is 1. The van der Waals surface area contributed by atoms with Crippen LogP contribution in [-0.2, 0) is 10.0 Å². The molecular formula is C24H39N3O4S. The number of piperidine rings is 1. The minimum Gasteiger partial charge on any atom is -0.495 e. The number of nitrogens with one attached hydrogen (secondary N) is 1. The normalized spacial score (nSPS) is 24.5. The molecule has 7 nitrogen and oxygen atoms in total. The Morgan fingerprint density at radius 3 is 2.34 bits per heavy atom. The van der Waals surface area contributed by atoms with Crippen LogP contribution in [-0.4, -0.2) is 69.4 Å². The number of nitrogens with zero attached hydrogens (tertiary/aromatic N) is 2. The smallest absolute Gasteiger partial charge is 0.251 e. The molecule has 180 valence electrons. The van der Waals surface area contributed by atoms with Crippen LogP contribution >= 0.6 is 0 Å².